The number of aliphatic hydroxyl groups is 1. The van der Waals surface area contributed by atoms with Gasteiger partial charge in [-0.25, -0.2) is 0 Å². The molecule has 0 saturated carbocycles. The monoisotopic (exact) mass is 927 g/mol. The van der Waals surface area contributed by atoms with Crippen molar-refractivity contribution in [3.63, 3.8) is 0 Å². The van der Waals surface area contributed by atoms with Crippen LogP contribution in [0, 0.1) is 0 Å². The smallest absolute Gasteiger partial charge is 0.268 e. The van der Waals surface area contributed by atoms with Crippen LogP contribution in [-0.2, 0) is 18.4 Å². The predicted octanol–water partition coefficient (Wildman–Crippen LogP) is 14.8. The third kappa shape index (κ3) is 49.2. The largest absolute Gasteiger partial charge is 0.756 e. The zero-order chi connectivity index (χ0) is 47.8. The summed E-state index contributed by atoms with van der Waals surface area (Å²) in [4.78, 5) is 25.3. The Balaban J connectivity index is 4.03. The van der Waals surface area contributed by atoms with Gasteiger partial charge < -0.3 is 28.8 Å². The molecule has 0 aliphatic carbocycles. The molecule has 0 heterocycles. The number of nitrogens with one attached hydrogen (secondary N) is 1. The Morgan fingerprint density at radius 3 is 1.37 bits per heavy atom. The van der Waals surface area contributed by atoms with E-state index in [0.29, 0.717) is 17.4 Å². The average Bonchev–Trinajstić information content (AvgIpc) is 3.26. The van der Waals surface area contributed by atoms with Gasteiger partial charge >= 0.3 is 0 Å². The first kappa shape index (κ1) is 62.4. The van der Waals surface area contributed by atoms with Crippen LogP contribution in [0.1, 0.15) is 200 Å². The van der Waals surface area contributed by atoms with Crippen molar-refractivity contribution < 1.29 is 32.9 Å². The Kier molecular flexibility index (Phi) is 44.7. The third-order valence-corrected chi connectivity index (χ3v) is 12.0. The minimum atomic E-state index is -4.60. The number of rotatable bonds is 46. The van der Waals surface area contributed by atoms with E-state index in [1.54, 1.807) is 6.08 Å². The van der Waals surface area contributed by atoms with Gasteiger partial charge in [0.25, 0.3) is 7.82 Å². The fraction of sp³-hybridized carbons (Fsp3) is 0.696. The van der Waals surface area contributed by atoms with Crippen LogP contribution in [0.4, 0.5) is 0 Å². The number of carbonyl (C=O) groups excluding carboxylic acids is 1. The molecule has 0 rings (SSSR count). The summed E-state index contributed by atoms with van der Waals surface area (Å²) in [6, 6.07) is -0.912. The van der Waals surface area contributed by atoms with Crippen molar-refractivity contribution in [2.24, 2.45) is 0 Å². The van der Waals surface area contributed by atoms with Crippen LogP contribution in [0.25, 0.3) is 0 Å². The number of amides is 1. The van der Waals surface area contributed by atoms with Crippen LogP contribution in [-0.4, -0.2) is 68.5 Å². The Bertz CT molecular complexity index is 1370. The van der Waals surface area contributed by atoms with E-state index in [1.165, 1.54) is 96.3 Å². The van der Waals surface area contributed by atoms with E-state index in [1.807, 2.05) is 27.2 Å². The molecule has 0 aromatic heterocycles. The summed E-state index contributed by atoms with van der Waals surface area (Å²) in [5, 5.41) is 13.7. The van der Waals surface area contributed by atoms with E-state index in [0.717, 1.165) is 83.5 Å². The molecule has 3 atom stereocenters. The van der Waals surface area contributed by atoms with E-state index in [4.69, 9.17) is 9.05 Å². The van der Waals surface area contributed by atoms with Crippen molar-refractivity contribution in [3.8, 4) is 0 Å². The first-order chi connectivity index (χ1) is 31.5. The van der Waals surface area contributed by atoms with Gasteiger partial charge in [-0.3, -0.25) is 9.36 Å². The predicted molar refractivity (Wildman–Crippen MR) is 279 cm³/mol. The second-order valence-corrected chi connectivity index (χ2v) is 19.9. The van der Waals surface area contributed by atoms with Crippen LogP contribution >= 0.6 is 7.82 Å². The fourth-order valence-corrected chi connectivity index (χ4v) is 7.71. The van der Waals surface area contributed by atoms with Gasteiger partial charge in [0, 0.05) is 6.42 Å². The summed E-state index contributed by atoms with van der Waals surface area (Å²) in [5.74, 6) is -0.217. The maximum absolute atomic E-state index is 12.9. The molecule has 0 spiro atoms. The molecule has 3 unspecified atom stereocenters. The lowest BCUT2D eigenvalue weighted by molar-refractivity contribution is -0.870. The van der Waals surface area contributed by atoms with Crippen LogP contribution in [0.3, 0.4) is 0 Å². The van der Waals surface area contributed by atoms with Crippen molar-refractivity contribution >= 4 is 13.7 Å². The molecular formula is C56H99N2O6P. The van der Waals surface area contributed by atoms with Gasteiger partial charge in [-0.2, -0.15) is 0 Å². The Morgan fingerprint density at radius 2 is 0.908 bits per heavy atom. The lowest BCUT2D eigenvalue weighted by atomic mass is 10.0. The molecule has 9 heteroatoms. The van der Waals surface area contributed by atoms with Crippen molar-refractivity contribution in [2.75, 3.05) is 40.9 Å². The summed E-state index contributed by atoms with van der Waals surface area (Å²) < 4.78 is 23.2. The summed E-state index contributed by atoms with van der Waals surface area (Å²) in [6.45, 7) is 4.36. The van der Waals surface area contributed by atoms with Crippen LogP contribution in [0.2, 0.25) is 0 Å². The number of unbranched alkanes of at least 4 members (excludes halogenated alkanes) is 19. The average molecular weight is 927 g/mol. The van der Waals surface area contributed by atoms with Crippen LogP contribution in [0.5, 0.6) is 0 Å². The summed E-state index contributed by atoms with van der Waals surface area (Å²) in [5.41, 5.74) is 0. The molecule has 0 aliphatic heterocycles. The number of likely N-dealkylation sites (N-methyl/N-ethyl adjacent to an activating group) is 1. The molecule has 0 aliphatic rings. The summed E-state index contributed by atoms with van der Waals surface area (Å²) in [7, 11) is 1.22. The summed E-state index contributed by atoms with van der Waals surface area (Å²) in [6.07, 6.45) is 66.5. The number of hydrogen-bond donors (Lipinski definition) is 2. The zero-order valence-corrected chi connectivity index (χ0v) is 43.3. The van der Waals surface area contributed by atoms with Crippen LogP contribution in [0.15, 0.2) is 97.2 Å². The normalized spacial score (nSPS) is 14.9. The Morgan fingerprint density at radius 1 is 0.538 bits per heavy atom. The topological polar surface area (TPSA) is 108 Å². The molecule has 0 saturated heterocycles. The standard InChI is InChI=1S/C56H99N2O6P/c1-6-8-10-12-14-16-18-19-20-21-22-23-24-25-26-27-28-29-30-31-32-33-34-35-36-37-38-39-40-42-44-46-48-50-56(60)57-54(53-64-65(61,62)63-52-51-58(3,4)5)55(59)49-47-45-43-41-17-15-13-11-9-7-2/h8-11,14,16-17,19-20,22-23,25-26,41,47,49,54-55,59H,6-7,12-13,15,18,21,24,27-40,42-46,48,50-53H2,1-5H3,(H-,57,60,61,62)/b10-8-,11-9+,16-14-,20-19-,23-22-,26-25-,41-17+,49-47+. The van der Waals surface area contributed by atoms with Gasteiger partial charge in [-0.05, 0) is 83.5 Å². The number of carbonyl (C=O) groups is 1. The lowest BCUT2D eigenvalue weighted by Crippen LogP contribution is -2.45. The molecule has 0 fully saturated rings. The van der Waals surface area contributed by atoms with E-state index in [-0.39, 0.29) is 12.5 Å². The molecule has 2 N–H and O–H groups in total. The number of hydrogen-bond acceptors (Lipinski definition) is 6. The highest BCUT2D eigenvalue weighted by molar-refractivity contribution is 7.45. The number of aliphatic hydroxyl groups excluding tert-OH is 1. The van der Waals surface area contributed by atoms with Gasteiger partial charge in [0.15, 0.2) is 0 Å². The van der Waals surface area contributed by atoms with Gasteiger partial charge in [0.05, 0.1) is 39.9 Å². The van der Waals surface area contributed by atoms with Gasteiger partial charge in [-0.15, -0.1) is 0 Å². The second-order valence-electron chi connectivity index (χ2n) is 18.4. The van der Waals surface area contributed by atoms with Gasteiger partial charge in [-0.1, -0.05) is 207 Å². The van der Waals surface area contributed by atoms with Gasteiger partial charge in [0.1, 0.15) is 13.2 Å². The van der Waals surface area contributed by atoms with E-state index < -0.39 is 26.6 Å². The van der Waals surface area contributed by atoms with Crippen molar-refractivity contribution in [1.29, 1.82) is 0 Å². The van der Waals surface area contributed by atoms with E-state index in [9.17, 15) is 19.4 Å². The molecule has 0 aromatic carbocycles. The minimum Gasteiger partial charge on any atom is -0.756 e. The maximum atomic E-state index is 12.9. The summed E-state index contributed by atoms with van der Waals surface area (Å²) >= 11 is 0. The molecule has 65 heavy (non-hydrogen) atoms. The second kappa shape index (κ2) is 46.5. The lowest BCUT2D eigenvalue weighted by Gasteiger charge is -2.29. The first-order valence-corrected chi connectivity index (χ1v) is 27.6. The van der Waals surface area contributed by atoms with E-state index >= 15 is 0 Å². The van der Waals surface area contributed by atoms with E-state index in [2.05, 4.69) is 104 Å². The molecule has 374 valence electrons. The van der Waals surface area contributed by atoms with Crippen molar-refractivity contribution in [3.05, 3.63) is 97.2 Å². The minimum absolute atomic E-state index is 0.0124. The first-order valence-electron chi connectivity index (χ1n) is 26.1. The quantitative estimate of drug-likeness (QED) is 0.0272. The molecule has 0 aromatic rings. The highest BCUT2D eigenvalue weighted by Crippen LogP contribution is 2.38. The highest BCUT2D eigenvalue weighted by Gasteiger charge is 2.23. The Labute approximate surface area is 400 Å². The molecular weight excluding hydrogens is 828 g/mol. The number of quaternary nitrogens is 1. The molecule has 0 radical (unpaired) electrons. The molecule has 1 amide bonds. The SMILES string of the molecule is CC/C=C\C/C=C\C/C=C\C/C=C\C/C=C\CCCCCCCCCCCCCCCCCCCC(=O)NC(COP(=O)([O-])OCC[N+](C)(C)C)C(O)/C=C/CC/C=C/CC/C=C/CC. The zero-order valence-electron chi connectivity index (χ0n) is 42.4. The van der Waals surface area contributed by atoms with Crippen molar-refractivity contribution in [2.45, 2.75) is 212 Å². The third-order valence-electron chi connectivity index (χ3n) is 11.0. The number of allylic oxidation sites excluding steroid dienone is 15. The fourth-order valence-electron chi connectivity index (χ4n) is 6.98. The molecule has 0 bridgehead atoms. The number of phosphoric ester groups is 1. The number of phosphoric acid groups is 1. The van der Waals surface area contributed by atoms with Crippen molar-refractivity contribution in [1.82, 2.24) is 5.32 Å². The van der Waals surface area contributed by atoms with Gasteiger partial charge in [0.2, 0.25) is 5.91 Å². The highest BCUT2D eigenvalue weighted by atomic mass is 31.2. The maximum Gasteiger partial charge on any atom is 0.268 e. The Hall–Kier alpha value is -2.58. The molecule has 8 nitrogen and oxygen atoms in total. The van der Waals surface area contributed by atoms with Crippen LogP contribution < -0.4 is 10.2 Å². The number of nitrogens with zero attached hydrogens (tertiary/aromatic N) is 1.